The van der Waals surface area contributed by atoms with Crippen molar-refractivity contribution >= 4 is 11.4 Å². The standard InChI is InChI=1S/C26H26O/c1-18-15-17-26(21-12-7-4-8-13-21)24(27)23(20-10-5-3-6-11-20)22-14-9-16-25(22,26)19(18)2/h3-8,10-13,15,19H,9,14,16-17H2,1-2H3. The second-order valence-electron chi connectivity index (χ2n) is 8.52. The van der Waals surface area contributed by atoms with Crippen LogP contribution in [0.3, 0.4) is 0 Å². The molecule has 3 atom stereocenters. The fourth-order valence-electron chi connectivity index (χ4n) is 6.43. The van der Waals surface area contributed by atoms with Crippen LogP contribution in [0.5, 0.6) is 0 Å². The van der Waals surface area contributed by atoms with Gasteiger partial charge in [0.05, 0.1) is 5.41 Å². The van der Waals surface area contributed by atoms with E-state index in [1.54, 1.807) is 0 Å². The summed E-state index contributed by atoms with van der Waals surface area (Å²) in [6.07, 6.45) is 6.52. The molecule has 0 radical (unpaired) electrons. The van der Waals surface area contributed by atoms with Gasteiger partial charge in [-0.3, -0.25) is 4.79 Å². The largest absolute Gasteiger partial charge is 0.293 e. The number of carbonyl (C=O) groups is 1. The summed E-state index contributed by atoms with van der Waals surface area (Å²) in [4.78, 5) is 14.2. The first-order chi connectivity index (χ1) is 13.1. The lowest BCUT2D eigenvalue weighted by Gasteiger charge is -2.51. The Labute approximate surface area is 161 Å². The summed E-state index contributed by atoms with van der Waals surface area (Å²) >= 11 is 0. The average Bonchev–Trinajstić information content (AvgIpc) is 3.22. The van der Waals surface area contributed by atoms with Gasteiger partial charge in [0.1, 0.15) is 0 Å². The van der Waals surface area contributed by atoms with Crippen LogP contribution in [-0.2, 0) is 10.2 Å². The van der Waals surface area contributed by atoms with Crippen LogP contribution in [0.15, 0.2) is 77.9 Å². The second kappa shape index (κ2) is 5.79. The lowest BCUT2D eigenvalue weighted by Crippen LogP contribution is -2.52. The van der Waals surface area contributed by atoms with Crippen LogP contribution in [-0.4, -0.2) is 5.78 Å². The molecule has 0 amide bonds. The number of rotatable bonds is 2. The highest BCUT2D eigenvalue weighted by molar-refractivity contribution is 6.30. The summed E-state index contributed by atoms with van der Waals surface area (Å²) in [6, 6.07) is 21.0. The number of ketones is 1. The lowest BCUT2D eigenvalue weighted by atomic mass is 9.49. The van der Waals surface area contributed by atoms with E-state index in [1.807, 2.05) is 6.07 Å². The Kier molecular flexibility index (Phi) is 3.59. The van der Waals surface area contributed by atoms with E-state index in [2.05, 4.69) is 74.5 Å². The van der Waals surface area contributed by atoms with Crippen LogP contribution in [0.2, 0.25) is 0 Å². The first-order valence-corrected chi connectivity index (χ1v) is 10.2. The minimum atomic E-state index is -0.440. The zero-order valence-corrected chi connectivity index (χ0v) is 16.2. The van der Waals surface area contributed by atoms with Gasteiger partial charge in [0.2, 0.25) is 0 Å². The molecule has 3 aliphatic carbocycles. The van der Waals surface area contributed by atoms with Crippen molar-refractivity contribution in [3.63, 3.8) is 0 Å². The zero-order valence-electron chi connectivity index (χ0n) is 16.2. The normalized spacial score (nSPS) is 32.3. The SMILES string of the molecule is CC1=CCC2(c3ccccc3)C(=O)C(c3ccccc3)=C3CCCC32C1C. The Balaban J connectivity index is 1.85. The lowest BCUT2D eigenvalue weighted by molar-refractivity contribution is -0.122. The van der Waals surface area contributed by atoms with Gasteiger partial charge < -0.3 is 0 Å². The number of hydrogen-bond acceptors (Lipinski definition) is 1. The van der Waals surface area contributed by atoms with Gasteiger partial charge in [-0.15, -0.1) is 0 Å². The highest BCUT2D eigenvalue weighted by atomic mass is 16.1. The van der Waals surface area contributed by atoms with Gasteiger partial charge in [-0.05, 0) is 49.7 Å². The first kappa shape index (κ1) is 16.7. The van der Waals surface area contributed by atoms with Gasteiger partial charge in [0.15, 0.2) is 5.78 Å². The van der Waals surface area contributed by atoms with Crippen molar-refractivity contribution in [2.24, 2.45) is 11.3 Å². The van der Waals surface area contributed by atoms with Gasteiger partial charge in [0, 0.05) is 11.0 Å². The minimum absolute atomic E-state index is 0.0601. The molecule has 2 aromatic carbocycles. The average molecular weight is 354 g/mol. The zero-order chi connectivity index (χ0) is 18.6. The molecule has 0 bridgehead atoms. The van der Waals surface area contributed by atoms with E-state index in [0.717, 1.165) is 30.4 Å². The van der Waals surface area contributed by atoms with Crippen molar-refractivity contribution in [2.75, 3.05) is 0 Å². The predicted molar refractivity (Wildman–Crippen MR) is 110 cm³/mol. The summed E-state index contributed by atoms with van der Waals surface area (Å²) in [7, 11) is 0. The van der Waals surface area contributed by atoms with Crippen LogP contribution >= 0.6 is 0 Å². The Morgan fingerprint density at radius 1 is 0.963 bits per heavy atom. The number of allylic oxidation sites excluding steroid dienone is 4. The fraction of sp³-hybridized carbons (Fsp3) is 0.346. The van der Waals surface area contributed by atoms with E-state index in [1.165, 1.54) is 23.1 Å². The molecule has 5 rings (SSSR count). The summed E-state index contributed by atoms with van der Waals surface area (Å²) in [5.74, 6) is 0.749. The molecule has 0 aromatic heterocycles. The Morgan fingerprint density at radius 3 is 2.33 bits per heavy atom. The number of benzene rings is 2. The van der Waals surface area contributed by atoms with Crippen molar-refractivity contribution in [1.29, 1.82) is 0 Å². The maximum Gasteiger partial charge on any atom is 0.175 e. The molecule has 1 heteroatoms. The molecule has 2 aromatic rings. The molecular formula is C26H26O. The Hall–Kier alpha value is -2.41. The summed E-state index contributed by atoms with van der Waals surface area (Å²) in [5, 5.41) is 0. The highest BCUT2D eigenvalue weighted by Gasteiger charge is 2.68. The van der Waals surface area contributed by atoms with Crippen LogP contribution in [0.4, 0.5) is 0 Å². The quantitative estimate of drug-likeness (QED) is 0.594. The molecule has 0 saturated heterocycles. The molecule has 0 heterocycles. The third-order valence-electron chi connectivity index (χ3n) is 7.70. The fourth-order valence-corrected chi connectivity index (χ4v) is 6.43. The van der Waals surface area contributed by atoms with Gasteiger partial charge in [-0.1, -0.05) is 84.8 Å². The van der Waals surface area contributed by atoms with Crippen molar-refractivity contribution in [3.05, 3.63) is 89.0 Å². The van der Waals surface area contributed by atoms with E-state index < -0.39 is 5.41 Å². The molecule has 136 valence electrons. The molecule has 1 spiro atoms. The minimum Gasteiger partial charge on any atom is -0.293 e. The molecule has 0 aliphatic heterocycles. The van der Waals surface area contributed by atoms with Crippen molar-refractivity contribution in [1.82, 2.24) is 0 Å². The molecule has 1 saturated carbocycles. The Morgan fingerprint density at radius 2 is 1.63 bits per heavy atom. The molecule has 0 N–H and O–H groups in total. The molecule has 1 nitrogen and oxygen atoms in total. The van der Waals surface area contributed by atoms with Crippen LogP contribution in [0.25, 0.3) is 5.57 Å². The van der Waals surface area contributed by atoms with Crippen LogP contribution < -0.4 is 0 Å². The van der Waals surface area contributed by atoms with Crippen molar-refractivity contribution in [2.45, 2.75) is 44.9 Å². The summed E-state index contributed by atoms with van der Waals surface area (Å²) in [6.45, 7) is 4.62. The monoisotopic (exact) mass is 354 g/mol. The predicted octanol–water partition coefficient (Wildman–Crippen LogP) is 6.12. The molecule has 27 heavy (non-hydrogen) atoms. The molecule has 3 unspecified atom stereocenters. The van der Waals surface area contributed by atoms with Crippen LogP contribution in [0, 0.1) is 11.3 Å². The van der Waals surface area contributed by atoms with Gasteiger partial charge in [-0.25, -0.2) is 0 Å². The molecule has 1 fully saturated rings. The number of Topliss-reactive ketones (excluding diaryl/α,β-unsaturated/α-hetero) is 1. The highest BCUT2D eigenvalue weighted by Crippen LogP contribution is 2.70. The van der Waals surface area contributed by atoms with Gasteiger partial charge in [-0.2, -0.15) is 0 Å². The third-order valence-corrected chi connectivity index (χ3v) is 7.70. The van der Waals surface area contributed by atoms with Crippen LogP contribution in [0.1, 0.15) is 50.7 Å². The van der Waals surface area contributed by atoms with Gasteiger partial charge in [0.25, 0.3) is 0 Å². The maximum atomic E-state index is 14.2. The maximum absolute atomic E-state index is 14.2. The van der Waals surface area contributed by atoms with E-state index >= 15 is 0 Å². The van der Waals surface area contributed by atoms with E-state index in [0.29, 0.717) is 11.7 Å². The topological polar surface area (TPSA) is 17.1 Å². The van der Waals surface area contributed by atoms with E-state index in [4.69, 9.17) is 0 Å². The van der Waals surface area contributed by atoms with Crippen molar-refractivity contribution < 1.29 is 4.79 Å². The third kappa shape index (κ3) is 1.92. The van der Waals surface area contributed by atoms with E-state index in [-0.39, 0.29) is 5.41 Å². The molecular weight excluding hydrogens is 328 g/mol. The number of hydrogen-bond donors (Lipinski definition) is 0. The second-order valence-corrected chi connectivity index (χ2v) is 8.52. The van der Waals surface area contributed by atoms with Gasteiger partial charge >= 0.3 is 0 Å². The van der Waals surface area contributed by atoms with E-state index in [9.17, 15) is 4.79 Å². The molecule has 3 aliphatic rings. The Bertz CT molecular complexity index is 966. The summed E-state index contributed by atoms with van der Waals surface area (Å²) in [5.41, 5.74) is 5.71. The smallest absolute Gasteiger partial charge is 0.175 e. The van der Waals surface area contributed by atoms with Crippen molar-refractivity contribution in [3.8, 4) is 0 Å². The first-order valence-electron chi connectivity index (χ1n) is 10.2. The summed E-state index contributed by atoms with van der Waals surface area (Å²) < 4.78 is 0. The number of carbonyl (C=O) groups excluding carboxylic acids is 1.